The van der Waals surface area contributed by atoms with Gasteiger partial charge in [0.1, 0.15) is 0 Å². The van der Waals surface area contributed by atoms with Crippen LogP contribution in [0.3, 0.4) is 0 Å². The van der Waals surface area contributed by atoms with E-state index in [4.69, 9.17) is 0 Å². The highest BCUT2D eigenvalue weighted by Crippen LogP contribution is 2.29. The molecule has 1 saturated carbocycles. The van der Waals surface area contributed by atoms with Crippen molar-refractivity contribution in [2.24, 2.45) is 5.92 Å². The minimum atomic E-state index is 0.0317. The van der Waals surface area contributed by atoms with Crippen molar-refractivity contribution in [1.29, 1.82) is 0 Å². The lowest BCUT2D eigenvalue weighted by Crippen LogP contribution is -2.21. The Morgan fingerprint density at radius 1 is 1.53 bits per heavy atom. The Kier molecular flexibility index (Phi) is 3.22. The molecule has 0 radical (unpaired) electrons. The third kappa shape index (κ3) is 3.08. The summed E-state index contributed by atoms with van der Waals surface area (Å²) in [6.07, 6.45) is 4.30. The molecular weight excluding hydrogens is 214 g/mol. The number of nitrogens with zero attached hydrogens (tertiary/aromatic N) is 1. The van der Waals surface area contributed by atoms with Gasteiger partial charge in [-0.25, -0.2) is 0 Å². The number of aromatic amines is 1. The molecule has 0 saturated heterocycles. The van der Waals surface area contributed by atoms with Gasteiger partial charge >= 0.3 is 0 Å². The summed E-state index contributed by atoms with van der Waals surface area (Å²) in [5.41, 5.74) is 1.07. The van der Waals surface area contributed by atoms with E-state index in [9.17, 15) is 4.79 Å². The van der Waals surface area contributed by atoms with Crippen molar-refractivity contribution in [2.75, 3.05) is 5.32 Å². The van der Waals surface area contributed by atoms with Crippen LogP contribution in [-0.2, 0) is 10.2 Å². The molecule has 0 unspecified atom stereocenters. The summed E-state index contributed by atoms with van der Waals surface area (Å²) < 4.78 is 0. The quantitative estimate of drug-likeness (QED) is 0.846. The molecule has 1 heterocycles. The summed E-state index contributed by atoms with van der Waals surface area (Å²) in [7, 11) is 0. The molecule has 0 aromatic carbocycles. The molecule has 1 aromatic rings. The van der Waals surface area contributed by atoms with E-state index in [1.165, 1.54) is 19.3 Å². The number of aromatic nitrogens is 2. The van der Waals surface area contributed by atoms with Gasteiger partial charge in [-0.2, -0.15) is 5.10 Å². The van der Waals surface area contributed by atoms with Crippen molar-refractivity contribution in [1.82, 2.24) is 10.2 Å². The monoisotopic (exact) mass is 235 g/mol. The van der Waals surface area contributed by atoms with E-state index >= 15 is 0 Å². The van der Waals surface area contributed by atoms with Crippen LogP contribution in [0.5, 0.6) is 0 Å². The van der Waals surface area contributed by atoms with E-state index in [0.29, 0.717) is 18.2 Å². The third-order valence-corrected chi connectivity index (χ3v) is 3.35. The van der Waals surface area contributed by atoms with Gasteiger partial charge in [-0.15, -0.1) is 0 Å². The SMILES string of the molecule is CC(C)(C)c1cc(NC(=O)CC2CCC2)n[nH]1. The average molecular weight is 235 g/mol. The Hall–Kier alpha value is -1.32. The molecule has 17 heavy (non-hydrogen) atoms. The maximum atomic E-state index is 11.7. The molecule has 1 aliphatic carbocycles. The molecule has 0 spiro atoms. The number of carbonyl (C=O) groups excluding carboxylic acids is 1. The van der Waals surface area contributed by atoms with E-state index in [-0.39, 0.29) is 11.3 Å². The first-order chi connectivity index (χ1) is 7.95. The average Bonchev–Trinajstić information content (AvgIpc) is 2.59. The van der Waals surface area contributed by atoms with Gasteiger partial charge in [0.05, 0.1) is 0 Å². The van der Waals surface area contributed by atoms with Crippen molar-refractivity contribution in [3.63, 3.8) is 0 Å². The predicted molar refractivity (Wildman–Crippen MR) is 67.9 cm³/mol. The number of carbonyl (C=O) groups is 1. The van der Waals surface area contributed by atoms with Gasteiger partial charge in [0.15, 0.2) is 5.82 Å². The van der Waals surface area contributed by atoms with E-state index in [1.807, 2.05) is 6.07 Å². The van der Waals surface area contributed by atoms with Gasteiger partial charge in [0.2, 0.25) is 5.91 Å². The van der Waals surface area contributed by atoms with Crippen molar-refractivity contribution >= 4 is 11.7 Å². The number of H-pyrrole nitrogens is 1. The highest BCUT2D eigenvalue weighted by Gasteiger charge is 2.22. The molecule has 0 aliphatic heterocycles. The zero-order valence-electron chi connectivity index (χ0n) is 10.8. The Morgan fingerprint density at radius 2 is 2.24 bits per heavy atom. The summed E-state index contributed by atoms with van der Waals surface area (Å²) in [4.78, 5) is 11.7. The van der Waals surface area contributed by atoms with Gasteiger partial charge < -0.3 is 5.32 Å². The Morgan fingerprint density at radius 3 is 2.71 bits per heavy atom. The van der Waals surface area contributed by atoms with Crippen LogP contribution < -0.4 is 5.32 Å². The topological polar surface area (TPSA) is 57.8 Å². The van der Waals surface area contributed by atoms with Crippen molar-refractivity contribution < 1.29 is 4.79 Å². The largest absolute Gasteiger partial charge is 0.309 e. The first-order valence-electron chi connectivity index (χ1n) is 6.31. The fourth-order valence-corrected chi connectivity index (χ4v) is 1.92. The van der Waals surface area contributed by atoms with Crippen molar-refractivity contribution in [2.45, 2.75) is 51.9 Å². The zero-order valence-corrected chi connectivity index (χ0v) is 10.8. The molecule has 1 fully saturated rings. The lowest BCUT2D eigenvalue weighted by Gasteiger charge is -2.24. The second kappa shape index (κ2) is 4.51. The number of amides is 1. The number of nitrogens with one attached hydrogen (secondary N) is 2. The van der Waals surface area contributed by atoms with Gasteiger partial charge in [-0.1, -0.05) is 27.2 Å². The minimum absolute atomic E-state index is 0.0317. The van der Waals surface area contributed by atoms with Crippen molar-refractivity contribution in [3.05, 3.63) is 11.8 Å². The van der Waals surface area contributed by atoms with Crippen LogP contribution in [0.15, 0.2) is 6.07 Å². The Bertz CT molecular complexity index is 399. The number of hydrogen-bond acceptors (Lipinski definition) is 2. The smallest absolute Gasteiger partial charge is 0.225 e. The van der Waals surface area contributed by atoms with Crippen molar-refractivity contribution in [3.8, 4) is 0 Å². The number of hydrogen-bond donors (Lipinski definition) is 2. The first kappa shape index (κ1) is 12.1. The molecule has 4 nitrogen and oxygen atoms in total. The standard InChI is InChI=1S/C13H21N3O/c1-13(2,3)10-8-11(16-15-10)14-12(17)7-9-5-4-6-9/h8-9H,4-7H2,1-3H3,(H2,14,15,16,17). The summed E-state index contributed by atoms with van der Waals surface area (Å²) >= 11 is 0. The lowest BCUT2D eigenvalue weighted by molar-refractivity contribution is -0.117. The second-order valence-electron chi connectivity index (χ2n) is 5.97. The molecule has 2 rings (SSSR count). The normalized spacial score (nSPS) is 16.6. The summed E-state index contributed by atoms with van der Waals surface area (Å²) in [5, 5.41) is 9.94. The molecule has 4 heteroatoms. The van der Waals surface area contributed by atoms with Gasteiger partial charge in [0, 0.05) is 23.6 Å². The van der Waals surface area contributed by atoms with E-state index in [2.05, 4.69) is 36.3 Å². The van der Waals surface area contributed by atoms with Crippen LogP contribution in [0.1, 0.15) is 52.1 Å². The van der Waals surface area contributed by atoms with Crippen LogP contribution in [-0.4, -0.2) is 16.1 Å². The van der Waals surface area contributed by atoms with Crippen LogP contribution in [0.2, 0.25) is 0 Å². The van der Waals surface area contributed by atoms with Gasteiger partial charge in [-0.05, 0) is 18.8 Å². The third-order valence-electron chi connectivity index (χ3n) is 3.35. The Labute approximate surface area is 102 Å². The number of anilines is 1. The molecule has 1 aliphatic rings. The fraction of sp³-hybridized carbons (Fsp3) is 0.692. The molecule has 94 valence electrons. The molecule has 1 aromatic heterocycles. The Balaban J connectivity index is 1.89. The second-order valence-corrected chi connectivity index (χ2v) is 5.97. The molecule has 0 bridgehead atoms. The fourth-order valence-electron chi connectivity index (χ4n) is 1.92. The predicted octanol–water partition coefficient (Wildman–Crippen LogP) is 2.84. The zero-order chi connectivity index (χ0) is 12.5. The van der Waals surface area contributed by atoms with Crippen LogP contribution in [0, 0.1) is 5.92 Å². The lowest BCUT2D eigenvalue weighted by atomic mass is 9.83. The maximum Gasteiger partial charge on any atom is 0.225 e. The van der Waals surface area contributed by atoms with Crippen LogP contribution in [0.4, 0.5) is 5.82 Å². The highest BCUT2D eigenvalue weighted by molar-refractivity contribution is 5.89. The molecule has 1 amide bonds. The highest BCUT2D eigenvalue weighted by atomic mass is 16.1. The van der Waals surface area contributed by atoms with Crippen LogP contribution >= 0.6 is 0 Å². The number of rotatable bonds is 3. The molecular formula is C13H21N3O. The van der Waals surface area contributed by atoms with Crippen LogP contribution in [0.25, 0.3) is 0 Å². The van der Waals surface area contributed by atoms with Gasteiger partial charge in [0.25, 0.3) is 0 Å². The molecule has 0 atom stereocenters. The summed E-state index contributed by atoms with van der Waals surface area (Å²) in [6, 6.07) is 1.92. The maximum absolute atomic E-state index is 11.7. The van der Waals surface area contributed by atoms with E-state index in [1.54, 1.807) is 0 Å². The summed E-state index contributed by atoms with van der Waals surface area (Å²) in [5.74, 6) is 1.32. The van der Waals surface area contributed by atoms with E-state index < -0.39 is 0 Å². The molecule has 2 N–H and O–H groups in total. The first-order valence-corrected chi connectivity index (χ1v) is 6.31. The van der Waals surface area contributed by atoms with Gasteiger partial charge in [-0.3, -0.25) is 9.89 Å². The van der Waals surface area contributed by atoms with E-state index in [0.717, 1.165) is 5.69 Å². The minimum Gasteiger partial charge on any atom is -0.309 e. The summed E-state index contributed by atoms with van der Waals surface area (Å²) in [6.45, 7) is 6.33.